The molecule has 176 valence electrons. The minimum absolute atomic E-state index is 0.0832. The van der Waals surface area contributed by atoms with Gasteiger partial charge in [-0.2, -0.15) is 0 Å². The monoisotopic (exact) mass is 482 g/mol. The lowest BCUT2D eigenvalue weighted by molar-refractivity contribution is -0.127. The van der Waals surface area contributed by atoms with Crippen molar-refractivity contribution in [3.63, 3.8) is 0 Å². The number of fused-ring (bicyclic) bond motifs is 2. The van der Waals surface area contributed by atoms with E-state index in [1.54, 1.807) is 24.3 Å². The first-order valence-corrected chi connectivity index (χ1v) is 11.4. The molecule has 2 aliphatic rings. The first-order chi connectivity index (χ1) is 16.5. The summed E-state index contributed by atoms with van der Waals surface area (Å²) in [5, 5.41) is 7.06. The Morgan fingerprint density at radius 1 is 1.12 bits per heavy atom. The number of aromatic nitrogens is 1. The van der Waals surface area contributed by atoms with Crippen LogP contribution in [0.4, 0.5) is 10.5 Å². The van der Waals surface area contributed by atoms with Crippen molar-refractivity contribution >= 4 is 46.0 Å². The number of amides is 4. The Balaban J connectivity index is 1.14. The van der Waals surface area contributed by atoms with Crippen molar-refractivity contribution in [3.05, 3.63) is 53.2 Å². The van der Waals surface area contributed by atoms with Gasteiger partial charge in [-0.3, -0.25) is 14.5 Å². The maximum atomic E-state index is 12.8. The molecule has 1 aromatic heterocycles. The number of carbonyl (C=O) groups excluding carboxylic acids is 3. The predicted octanol–water partition coefficient (Wildman–Crippen LogP) is 3.47. The van der Waals surface area contributed by atoms with Crippen molar-refractivity contribution in [2.24, 2.45) is 0 Å². The van der Waals surface area contributed by atoms with Gasteiger partial charge >= 0.3 is 6.03 Å². The van der Waals surface area contributed by atoms with Crippen LogP contribution in [0.5, 0.6) is 11.5 Å². The lowest BCUT2D eigenvalue weighted by Crippen LogP contribution is -2.33. The third-order valence-electron chi connectivity index (χ3n) is 5.93. The van der Waals surface area contributed by atoms with Crippen LogP contribution in [0.3, 0.4) is 0 Å². The summed E-state index contributed by atoms with van der Waals surface area (Å²) in [5.74, 6) is 0.637. The average molecular weight is 483 g/mol. The van der Waals surface area contributed by atoms with E-state index in [4.69, 9.17) is 21.1 Å². The zero-order chi connectivity index (χ0) is 23.7. The first kappa shape index (κ1) is 22.1. The summed E-state index contributed by atoms with van der Waals surface area (Å²) in [5.41, 5.74) is 2.50. The van der Waals surface area contributed by atoms with Gasteiger partial charge < -0.3 is 25.1 Å². The van der Waals surface area contributed by atoms with Gasteiger partial charge in [-0.25, -0.2) is 4.79 Å². The van der Waals surface area contributed by atoms with Crippen LogP contribution in [0, 0.1) is 0 Å². The van der Waals surface area contributed by atoms with Crippen LogP contribution in [0.2, 0.25) is 5.02 Å². The second-order valence-electron chi connectivity index (χ2n) is 8.19. The summed E-state index contributed by atoms with van der Waals surface area (Å²) >= 11 is 6.10. The van der Waals surface area contributed by atoms with E-state index < -0.39 is 12.1 Å². The molecule has 0 aliphatic carbocycles. The Bertz CT molecular complexity index is 1270. The largest absolute Gasteiger partial charge is 0.486 e. The second kappa shape index (κ2) is 9.26. The smallest absolute Gasteiger partial charge is 0.324 e. The molecule has 2 aromatic carbocycles. The number of hydrogen-bond acceptors (Lipinski definition) is 5. The molecule has 34 heavy (non-hydrogen) atoms. The van der Waals surface area contributed by atoms with E-state index in [1.165, 1.54) is 4.90 Å². The molecule has 0 spiro atoms. The number of rotatable bonds is 7. The lowest BCUT2D eigenvalue weighted by atomic mass is 10.1. The highest BCUT2D eigenvalue weighted by molar-refractivity contribution is 6.31. The number of carbonyl (C=O) groups is 3. The first-order valence-electron chi connectivity index (χ1n) is 11.0. The number of urea groups is 1. The van der Waals surface area contributed by atoms with Crippen molar-refractivity contribution < 1.29 is 23.9 Å². The Labute approximate surface area is 200 Å². The van der Waals surface area contributed by atoms with Gasteiger partial charge in [-0.05, 0) is 48.7 Å². The number of benzene rings is 2. The Hall–Kier alpha value is -3.72. The number of nitrogens with one attached hydrogen (secondary N) is 3. The van der Waals surface area contributed by atoms with E-state index in [1.807, 2.05) is 18.3 Å². The van der Waals surface area contributed by atoms with Crippen LogP contribution in [-0.2, 0) is 16.0 Å². The van der Waals surface area contributed by atoms with Crippen LogP contribution in [-0.4, -0.2) is 53.5 Å². The van der Waals surface area contributed by atoms with Gasteiger partial charge in [0, 0.05) is 46.8 Å². The molecule has 0 unspecified atom stereocenters. The van der Waals surface area contributed by atoms with Crippen molar-refractivity contribution in [2.75, 3.05) is 25.1 Å². The van der Waals surface area contributed by atoms with Crippen molar-refractivity contribution in [2.45, 2.75) is 25.3 Å². The quantitative estimate of drug-likeness (QED) is 0.446. The van der Waals surface area contributed by atoms with Gasteiger partial charge in [0.15, 0.2) is 11.5 Å². The minimum Gasteiger partial charge on any atom is -0.486 e. The predicted molar refractivity (Wildman–Crippen MR) is 126 cm³/mol. The third-order valence-corrected chi connectivity index (χ3v) is 6.16. The molecule has 5 rings (SSSR count). The third kappa shape index (κ3) is 4.51. The van der Waals surface area contributed by atoms with Gasteiger partial charge in [0.25, 0.3) is 5.91 Å². The number of halogens is 1. The molecule has 0 saturated carbocycles. The highest BCUT2D eigenvalue weighted by Crippen LogP contribution is 2.32. The molecule has 2 aliphatic heterocycles. The maximum absolute atomic E-state index is 12.8. The van der Waals surface area contributed by atoms with Crippen molar-refractivity contribution in [1.29, 1.82) is 0 Å². The summed E-state index contributed by atoms with van der Waals surface area (Å²) in [7, 11) is 0. The van der Waals surface area contributed by atoms with Crippen LogP contribution in [0.1, 0.15) is 18.4 Å². The van der Waals surface area contributed by atoms with Crippen LogP contribution in [0.15, 0.2) is 42.6 Å². The van der Waals surface area contributed by atoms with Crippen molar-refractivity contribution in [1.82, 2.24) is 15.2 Å². The van der Waals surface area contributed by atoms with E-state index in [0.717, 1.165) is 16.5 Å². The molecule has 3 aromatic rings. The maximum Gasteiger partial charge on any atom is 0.324 e. The van der Waals surface area contributed by atoms with E-state index >= 15 is 0 Å². The van der Waals surface area contributed by atoms with Gasteiger partial charge in [-0.15, -0.1) is 0 Å². The lowest BCUT2D eigenvalue weighted by Gasteiger charge is -2.19. The summed E-state index contributed by atoms with van der Waals surface area (Å²) in [6.07, 6.45) is 2.65. The van der Waals surface area contributed by atoms with Crippen LogP contribution in [0.25, 0.3) is 10.9 Å². The van der Waals surface area contributed by atoms with E-state index in [9.17, 15) is 14.4 Å². The van der Waals surface area contributed by atoms with Crippen LogP contribution < -0.4 is 20.1 Å². The number of anilines is 1. The normalized spacial score (nSPS) is 17.2. The zero-order valence-corrected chi connectivity index (χ0v) is 19.0. The van der Waals surface area contributed by atoms with E-state index in [0.29, 0.717) is 41.8 Å². The number of H-pyrrole nitrogens is 1. The van der Waals surface area contributed by atoms with Gasteiger partial charge in [0.1, 0.15) is 19.3 Å². The summed E-state index contributed by atoms with van der Waals surface area (Å²) in [6, 6.07) is 9.55. The molecule has 4 amide bonds. The fourth-order valence-electron chi connectivity index (χ4n) is 4.19. The molecular formula is C24H23ClN4O5. The SMILES string of the molecule is O=C(CC[C@H]1NC(=O)N(CCc2c[nH]c3ccc(Cl)cc23)C1=O)Nc1ccc2c(c1)OCCO2. The molecule has 1 fully saturated rings. The summed E-state index contributed by atoms with van der Waals surface area (Å²) < 4.78 is 11.0. The molecule has 3 heterocycles. The van der Waals surface area contributed by atoms with Gasteiger partial charge in [0.05, 0.1) is 0 Å². The molecule has 1 saturated heterocycles. The number of hydrogen-bond donors (Lipinski definition) is 3. The second-order valence-corrected chi connectivity index (χ2v) is 8.63. The topological polar surface area (TPSA) is 113 Å². The highest BCUT2D eigenvalue weighted by Gasteiger charge is 2.37. The van der Waals surface area contributed by atoms with Crippen molar-refractivity contribution in [3.8, 4) is 11.5 Å². The highest BCUT2D eigenvalue weighted by atomic mass is 35.5. The molecule has 9 nitrogen and oxygen atoms in total. The average Bonchev–Trinajstić information content (AvgIpc) is 3.35. The molecule has 3 N–H and O–H groups in total. The number of imide groups is 1. The number of aromatic amines is 1. The standard InChI is InChI=1S/C24H23ClN4O5/c25-15-1-3-18-17(11-15)14(13-26-18)7-8-29-23(31)19(28-24(29)32)4-6-22(30)27-16-2-5-20-21(12-16)34-10-9-33-20/h1-3,5,11-13,19,26H,4,6-10H2,(H,27,30)(H,28,32)/t19-/m1/s1. The summed E-state index contributed by atoms with van der Waals surface area (Å²) in [6.45, 7) is 1.19. The van der Waals surface area contributed by atoms with Gasteiger partial charge in [-0.1, -0.05) is 11.6 Å². The molecular weight excluding hydrogens is 460 g/mol. The Morgan fingerprint density at radius 3 is 2.79 bits per heavy atom. The van der Waals surface area contributed by atoms with Gasteiger partial charge in [0.2, 0.25) is 5.91 Å². The molecule has 1 atom stereocenters. The minimum atomic E-state index is -0.726. The zero-order valence-electron chi connectivity index (χ0n) is 18.2. The fraction of sp³-hybridized carbons (Fsp3) is 0.292. The van der Waals surface area contributed by atoms with Crippen LogP contribution >= 0.6 is 11.6 Å². The van der Waals surface area contributed by atoms with E-state index in [2.05, 4.69) is 15.6 Å². The Morgan fingerprint density at radius 2 is 1.94 bits per heavy atom. The van der Waals surface area contributed by atoms with E-state index in [-0.39, 0.29) is 31.2 Å². The molecule has 0 radical (unpaired) electrons. The number of ether oxygens (including phenoxy) is 2. The fourth-order valence-corrected chi connectivity index (χ4v) is 4.37. The summed E-state index contributed by atoms with van der Waals surface area (Å²) in [4.78, 5) is 41.9. The molecule has 10 heteroatoms. The molecule has 0 bridgehead atoms. The number of nitrogens with zero attached hydrogens (tertiary/aromatic N) is 1. The Kier molecular flexibility index (Phi) is 6.02.